The first-order valence-corrected chi connectivity index (χ1v) is 11.2. The maximum Gasteiger partial charge on any atom is 0.143 e. The molecule has 2 aromatic carbocycles. The van der Waals surface area contributed by atoms with Crippen molar-refractivity contribution in [3.05, 3.63) is 56.6 Å². The molecule has 0 aliphatic heterocycles. The minimum atomic E-state index is -0.150. The van der Waals surface area contributed by atoms with Gasteiger partial charge in [-0.15, -0.1) is 0 Å². The molecule has 0 saturated heterocycles. The Hall–Kier alpha value is -1.75. The zero-order valence-corrected chi connectivity index (χ0v) is 21.1. The number of likely N-dealkylation sites (N-methyl/N-ethyl adjacent to an activating group) is 1. The molecule has 2 N–H and O–H groups in total. The molecule has 2 rings (SSSR count). The predicted molar refractivity (Wildman–Crippen MR) is 132 cm³/mol. The van der Waals surface area contributed by atoms with Gasteiger partial charge >= 0.3 is 0 Å². The minimum absolute atomic E-state index is 0.00838. The van der Waals surface area contributed by atoms with Gasteiger partial charge in [0, 0.05) is 35.5 Å². The van der Waals surface area contributed by atoms with Crippen LogP contribution in [0.3, 0.4) is 0 Å². The van der Waals surface area contributed by atoms with Gasteiger partial charge in [0.25, 0.3) is 0 Å². The second-order valence-corrected chi connectivity index (χ2v) is 11.0. The van der Waals surface area contributed by atoms with E-state index in [1.165, 1.54) is 11.6 Å². The van der Waals surface area contributed by atoms with Crippen LogP contribution in [0.4, 0.5) is 0 Å². The van der Waals surface area contributed by atoms with Crippen LogP contribution in [0.25, 0.3) is 0 Å². The van der Waals surface area contributed by atoms with Crippen LogP contribution in [-0.4, -0.2) is 41.5 Å². The van der Waals surface area contributed by atoms with Gasteiger partial charge < -0.3 is 15.1 Å². The molecule has 0 aliphatic rings. The zero-order chi connectivity index (χ0) is 23.6. The first-order valence-electron chi connectivity index (χ1n) is 10.4. The smallest absolute Gasteiger partial charge is 0.143 e. The summed E-state index contributed by atoms with van der Waals surface area (Å²) in [6.07, 6.45) is 1.58. The highest BCUT2D eigenvalue weighted by atomic mass is 35.5. The van der Waals surface area contributed by atoms with Gasteiger partial charge in [-0.1, -0.05) is 76.9 Å². The lowest BCUT2D eigenvalue weighted by Gasteiger charge is -2.28. The standard InChI is InChI=1S/C25H34Cl2N2O2/c1-24(2,3)18-10-17(22(30)20(12-18)25(4,5)6)15-29(7)9-8-28-14-16-11-19(26)13-21(27)23(16)31/h10-14,30-31H,8-9,15H2,1-7H3. The van der Waals surface area contributed by atoms with Crippen molar-refractivity contribution in [3.8, 4) is 11.5 Å². The fraction of sp³-hybridized carbons (Fsp3) is 0.480. The Morgan fingerprint density at radius 3 is 2.16 bits per heavy atom. The van der Waals surface area contributed by atoms with Crippen molar-refractivity contribution in [2.75, 3.05) is 20.1 Å². The Morgan fingerprint density at radius 1 is 0.935 bits per heavy atom. The average molecular weight is 465 g/mol. The van der Waals surface area contributed by atoms with Crippen LogP contribution in [0, 0.1) is 0 Å². The highest BCUT2D eigenvalue weighted by Gasteiger charge is 2.25. The molecule has 0 fully saturated rings. The molecule has 0 atom stereocenters. The molecule has 2 aromatic rings. The third kappa shape index (κ3) is 6.86. The van der Waals surface area contributed by atoms with Crippen LogP contribution < -0.4 is 0 Å². The first kappa shape index (κ1) is 25.5. The summed E-state index contributed by atoms with van der Waals surface area (Å²) in [5.41, 5.74) is 3.43. The normalized spacial score (nSPS) is 12.8. The van der Waals surface area contributed by atoms with E-state index in [-0.39, 0.29) is 21.6 Å². The van der Waals surface area contributed by atoms with E-state index < -0.39 is 0 Å². The third-order valence-electron chi connectivity index (χ3n) is 5.20. The van der Waals surface area contributed by atoms with Crippen LogP contribution in [0.5, 0.6) is 11.5 Å². The lowest BCUT2D eigenvalue weighted by atomic mass is 9.79. The van der Waals surface area contributed by atoms with Crippen LogP contribution in [0.2, 0.25) is 10.0 Å². The van der Waals surface area contributed by atoms with E-state index in [4.69, 9.17) is 23.2 Å². The van der Waals surface area contributed by atoms with Gasteiger partial charge in [0.2, 0.25) is 0 Å². The van der Waals surface area contributed by atoms with E-state index in [0.29, 0.717) is 36.0 Å². The number of aliphatic imine (C=N–C) groups is 1. The van der Waals surface area contributed by atoms with Gasteiger partial charge in [0.15, 0.2) is 0 Å². The largest absolute Gasteiger partial charge is 0.507 e. The Bertz CT molecular complexity index is 957. The van der Waals surface area contributed by atoms with Crippen molar-refractivity contribution in [2.24, 2.45) is 4.99 Å². The molecule has 0 amide bonds. The summed E-state index contributed by atoms with van der Waals surface area (Å²) in [5.74, 6) is 0.344. The van der Waals surface area contributed by atoms with Gasteiger partial charge in [-0.2, -0.15) is 0 Å². The zero-order valence-electron chi connectivity index (χ0n) is 19.6. The summed E-state index contributed by atoms with van der Waals surface area (Å²) in [6.45, 7) is 14.8. The number of benzene rings is 2. The Balaban J connectivity index is 2.14. The number of hydrogen-bond donors (Lipinski definition) is 2. The van der Waals surface area contributed by atoms with Crippen molar-refractivity contribution in [1.82, 2.24) is 4.90 Å². The van der Waals surface area contributed by atoms with Crippen LogP contribution in [0.15, 0.2) is 29.3 Å². The molecule has 31 heavy (non-hydrogen) atoms. The maximum atomic E-state index is 11.0. The van der Waals surface area contributed by atoms with E-state index in [1.54, 1.807) is 12.3 Å². The topological polar surface area (TPSA) is 56.1 Å². The molecule has 6 heteroatoms. The Labute approximate surface area is 196 Å². The summed E-state index contributed by atoms with van der Waals surface area (Å²) in [6, 6.07) is 7.36. The summed E-state index contributed by atoms with van der Waals surface area (Å²) in [7, 11) is 2.00. The molecule has 0 aliphatic carbocycles. The number of rotatable bonds is 6. The Kier molecular flexibility index (Phi) is 8.07. The summed E-state index contributed by atoms with van der Waals surface area (Å²) >= 11 is 11.9. The number of halogens is 2. The van der Waals surface area contributed by atoms with Gasteiger partial charge in [-0.3, -0.25) is 4.99 Å². The van der Waals surface area contributed by atoms with Gasteiger partial charge in [0.05, 0.1) is 11.6 Å². The molecule has 0 saturated carbocycles. The Morgan fingerprint density at radius 2 is 1.58 bits per heavy atom. The van der Waals surface area contributed by atoms with Crippen molar-refractivity contribution < 1.29 is 10.2 Å². The monoisotopic (exact) mass is 464 g/mol. The van der Waals surface area contributed by atoms with Crippen LogP contribution >= 0.6 is 23.2 Å². The first-order chi connectivity index (χ1) is 14.2. The van der Waals surface area contributed by atoms with E-state index in [1.807, 2.05) is 7.05 Å². The van der Waals surface area contributed by atoms with Gasteiger partial charge in [0.1, 0.15) is 11.5 Å². The fourth-order valence-electron chi connectivity index (χ4n) is 3.27. The van der Waals surface area contributed by atoms with Crippen molar-refractivity contribution in [1.29, 1.82) is 0 Å². The molecule has 0 spiro atoms. The molecule has 0 aromatic heterocycles. The molecule has 0 unspecified atom stereocenters. The predicted octanol–water partition coefficient (Wildman–Crippen LogP) is 6.55. The maximum absolute atomic E-state index is 11.0. The highest BCUT2D eigenvalue weighted by molar-refractivity contribution is 6.36. The lowest BCUT2D eigenvalue weighted by Crippen LogP contribution is -2.23. The number of hydrogen-bond acceptors (Lipinski definition) is 4. The van der Waals surface area contributed by atoms with Gasteiger partial charge in [-0.05, 0) is 41.1 Å². The van der Waals surface area contributed by atoms with E-state index >= 15 is 0 Å². The number of phenols is 2. The molecule has 0 radical (unpaired) electrons. The second kappa shape index (κ2) is 9.81. The summed E-state index contributed by atoms with van der Waals surface area (Å²) in [4.78, 5) is 6.52. The van der Waals surface area contributed by atoms with E-state index in [2.05, 4.69) is 63.6 Å². The number of nitrogens with zero attached hydrogens (tertiary/aromatic N) is 2. The van der Waals surface area contributed by atoms with E-state index in [0.717, 1.165) is 11.1 Å². The van der Waals surface area contributed by atoms with Gasteiger partial charge in [-0.25, -0.2) is 0 Å². The number of aromatic hydroxyl groups is 2. The molecule has 0 heterocycles. The third-order valence-corrected chi connectivity index (χ3v) is 5.71. The fourth-order valence-corrected chi connectivity index (χ4v) is 3.77. The SMILES string of the molecule is CN(CCN=Cc1cc(Cl)cc(Cl)c1O)Cc1cc(C(C)(C)C)cc(C(C)(C)C)c1O. The average Bonchev–Trinajstić information content (AvgIpc) is 2.62. The molecular formula is C25H34Cl2N2O2. The molecule has 170 valence electrons. The quantitative estimate of drug-likeness (QED) is 0.476. The summed E-state index contributed by atoms with van der Waals surface area (Å²) < 4.78 is 0. The summed E-state index contributed by atoms with van der Waals surface area (Å²) in [5, 5.41) is 21.6. The number of phenolic OH excluding ortho intramolecular Hbond substituents is 2. The van der Waals surface area contributed by atoms with Crippen molar-refractivity contribution in [2.45, 2.75) is 58.9 Å². The highest BCUT2D eigenvalue weighted by Crippen LogP contribution is 2.38. The lowest BCUT2D eigenvalue weighted by molar-refractivity contribution is 0.327. The molecular weight excluding hydrogens is 431 g/mol. The van der Waals surface area contributed by atoms with Crippen LogP contribution in [0.1, 0.15) is 63.8 Å². The molecule has 4 nitrogen and oxygen atoms in total. The van der Waals surface area contributed by atoms with Crippen molar-refractivity contribution >= 4 is 29.4 Å². The second-order valence-electron chi connectivity index (χ2n) is 10.1. The minimum Gasteiger partial charge on any atom is -0.507 e. The van der Waals surface area contributed by atoms with Crippen molar-refractivity contribution in [3.63, 3.8) is 0 Å². The van der Waals surface area contributed by atoms with E-state index in [9.17, 15) is 10.2 Å². The van der Waals surface area contributed by atoms with Crippen LogP contribution in [-0.2, 0) is 17.4 Å². The molecule has 0 bridgehead atoms.